The van der Waals surface area contributed by atoms with E-state index in [0.717, 1.165) is 12.8 Å². The first kappa shape index (κ1) is 18.4. The molecule has 2 heterocycles. The van der Waals surface area contributed by atoms with E-state index in [1.54, 1.807) is 6.92 Å². The summed E-state index contributed by atoms with van der Waals surface area (Å²) in [4.78, 5) is 37.4. The summed E-state index contributed by atoms with van der Waals surface area (Å²) in [7, 11) is 0. The van der Waals surface area contributed by atoms with Gasteiger partial charge in [-0.15, -0.1) is 0 Å². The lowest BCUT2D eigenvalue weighted by Crippen LogP contribution is -2.64. The van der Waals surface area contributed by atoms with Gasteiger partial charge in [0.25, 0.3) is 0 Å². The molecule has 0 spiro atoms. The molecule has 8 nitrogen and oxygen atoms in total. The number of carbonyl (C=O) groups excluding carboxylic acids is 2. The number of aliphatic carboxylic acids is 1. The molecule has 2 N–H and O–H groups in total. The standard InChI is InChI=1S/C18H23NO7/c1-3-7-25-18(24)26-9(2)12-14-11-6-4-5-10(8-20)13(11)15(17(22)23)19(14)16(12)21/h3,9-12,14,20H,1,4-8H2,2H3,(H,22,23)/t9-,10-,11+,12-,14-/m1/s1. The number of β-lactam (4-membered cyclic amide) rings is 1. The number of carboxylic acid groups (broad SMARTS) is 1. The lowest BCUT2D eigenvalue weighted by atomic mass is 9.69. The predicted molar refractivity (Wildman–Crippen MR) is 88.8 cm³/mol. The van der Waals surface area contributed by atoms with E-state index in [1.807, 2.05) is 0 Å². The van der Waals surface area contributed by atoms with Gasteiger partial charge in [-0.3, -0.25) is 4.79 Å². The van der Waals surface area contributed by atoms with Gasteiger partial charge in [0.15, 0.2) is 0 Å². The minimum absolute atomic E-state index is 0.00133. The first-order valence-corrected chi connectivity index (χ1v) is 8.77. The molecule has 0 radical (unpaired) electrons. The Kier molecular flexibility index (Phi) is 5.04. The number of fused-ring (bicyclic) bond motifs is 3. The fourth-order valence-electron chi connectivity index (χ4n) is 4.56. The van der Waals surface area contributed by atoms with Crippen LogP contribution in [0.3, 0.4) is 0 Å². The molecule has 26 heavy (non-hydrogen) atoms. The van der Waals surface area contributed by atoms with Crippen molar-refractivity contribution in [3.05, 3.63) is 23.9 Å². The highest BCUT2D eigenvalue weighted by Gasteiger charge is 2.63. The third-order valence-electron chi connectivity index (χ3n) is 5.55. The van der Waals surface area contributed by atoms with E-state index in [9.17, 15) is 24.6 Å². The van der Waals surface area contributed by atoms with Gasteiger partial charge in [-0.25, -0.2) is 9.59 Å². The van der Waals surface area contributed by atoms with Crippen LogP contribution in [0.4, 0.5) is 4.79 Å². The van der Waals surface area contributed by atoms with Crippen LogP contribution in [0.1, 0.15) is 26.2 Å². The second-order valence-corrected chi connectivity index (χ2v) is 6.92. The van der Waals surface area contributed by atoms with Crippen molar-refractivity contribution in [3.63, 3.8) is 0 Å². The zero-order valence-electron chi connectivity index (χ0n) is 14.6. The molecule has 0 aromatic carbocycles. The lowest BCUT2D eigenvalue weighted by molar-refractivity contribution is -0.164. The maximum absolute atomic E-state index is 12.7. The molecular weight excluding hydrogens is 342 g/mol. The Balaban J connectivity index is 1.81. The van der Waals surface area contributed by atoms with Gasteiger partial charge in [-0.2, -0.15) is 0 Å². The van der Waals surface area contributed by atoms with Crippen LogP contribution in [0.2, 0.25) is 0 Å². The minimum atomic E-state index is -1.15. The number of carboxylic acids is 1. The third-order valence-corrected chi connectivity index (χ3v) is 5.55. The lowest BCUT2D eigenvalue weighted by Gasteiger charge is -2.48. The van der Waals surface area contributed by atoms with Crippen molar-refractivity contribution < 1.29 is 34.1 Å². The quantitative estimate of drug-likeness (QED) is 0.414. The summed E-state index contributed by atoms with van der Waals surface area (Å²) >= 11 is 0. The van der Waals surface area contributed by atoms with E-state index in [1.165, 1.54) is 11.0 Å². The Labute approximate surface area is 151 Å². The number of aliphatic hydroxyl groups is 1. The van der Waals surface area contributed by atoms with Crippen LogP contribution in [0, 0.1) is 17.8 Å². The van der Waals surface area contributed by atoms with Crippen molar-refractivity contribution in [1.29, 1.82) is 0 Å². The molecule has 0 aromatic heterocycles. The molecular formula is C18H23NO7. The highest BCUT2D eigenvalue weighted by atomic mass is 16.7. The van der Waals surface area contributed by atoms with Crippen LogP contribution >= 0.6 is 0 Å². The van der Waals surface area contributed by atoms with E-state index < -0.39 is 24.1 Å². The van der Waals surface area contributed by atoms with Gasteiger partial charge >= 0.3 is 12.1 Å². The summed E-state index contributed by atoms with van der Waals surface area (Å²) in [5, 5.41) is 19.3. The molecule has 1 amide bonds. The number of hydrogen-bond acceptors (Lipinski definition) is 6. The van der Waals surface area contributed by atoms with Gasteiger partial charge < -0.3 is 24.6 Å². The maximum atomic E-state index is 12.7. The molecule has 0 bridgehead atoms. The Morgan fingerprint density at radius 3 is 2.77 bits per heavy atom. The van der Waals surface area contributed by atoms with E-state index in [4.69, 9.17) is 9.47 Å². The average Bonchev–Trinajstić information content (AvgIpc) is 2.90. The monoisotopic (exact) mass is 365 g/mol. The average molecular weight is 365 g/mol. The van der Waals surface area contributed by atoms with Crippen molar-refractivity contribution in [3.8, 4) is 0 Å². The number of carbonyl (C=O) groups is 3. The third kappa shape index (κ3) is 2.78. The molecule has 0 unspecified atom stereocenters. The largest absolute Gasteiger partial charge is 0.508 e. The van der Waals surface area contributed by atoms with Gasteiger partial charge in [0.05, 0.1) is 12.0 Å². The van der Waals surface area contributed by atoms with Crippen molar-refractivity contribution in [2.75, 3.05) is 13.2 Å². The summed E-state index contributed by atoms with van der Waals surface area (Å²) in [6.07, 6.45) is 2.11. The fraction of sp³-hybridized carbons (Fsp3) is 0.611. The normalized spacial score (nSPS) is 30.8. The number of nitrogens with zero attached hydrogens (tertiary/aromatic N) is 1. The summed E-state index contributed by atoms with van der Waals surface area (Å²) in [5.41, 5.74) is 0.662. The summed E-state index contributed by atoms with van der Waals surface area (Å²) in [6, 6.07) is -0.347. The molecule has 8 heteroatoms. The Morgan fingerprint density at radius 2 is 2.15 bits per heavy atom. The first-order chi connectivity index (χ1) is 12.4. The number of aliphatic hydroxyl groups excluding tert-OH is 1. The molecule has 5 atom stereocenters. The molecule has 0 aromatic rings. The summed E-state index contributed by atoms with van der Waals surface area (Å²) < 4.78 is 9.98. The predicted octanol–water partition coefficient (Wildman–Crippen LogP) is 1.30. The van der Waals surface area contributed by atoms with Gasteiger partial charge in [-0.1, -0.05) is 19.1 Å². The van der Waals surface area contributed by atoms with Crippen molar-refractivity contribution >= 4 is 18.0 Å². The molecule has 142 valence electrons. The number of hydrogen-bond donors (Lipinski definition) is 2. The molecule has 2 fully saturated rings. The summed E-state index contributed by atoms with van der Waals surface area (Å²) in [6.45, 7) is 4.92. The van der Waals surface area contributed by atoms with Crippen LogP contribution in [0.5, 0.6) is 0 Å². The van der Waals surface area contributed by atoms with E-state index in [0.29, 0.717) is 12.0 Å². The van der Waals surface area contributed by atoms with Crippen LogP contribution in [-0.4, -0.2) is 58.5 Å². The minimum Gasteiger partial charge on any atom is -0.477 e. The number of ether oxygens (including phenoxy) is 2. The van der Waals surface area contributed by atoms with Crippen LogP contribution in [0.15, 0.2) is 23.9 Å². The highest BCUT2D eigenvalue weighted by molar-refractivity contribution is 6.00. The smallest absolute Gasteiger partial charge is 0.477 e. The Hall–Kier alpha value is -2.35. The zero-order chi connectivity index (χ0) is 19.0. The van der Waals surface area contributed by atoms with Gasteiger partial charge in [0, 0.05) is 18.4 Å². The van der Waals surface area contributed by atoms with E-state index >= 15 is 0 Å². The Bertz CT molecular complexity index is 670. The van der Waals surface area contributed by atoms with Gasteiger partial charge in [-0.05, 0) is 25.3 Å². The number of amides is 1. The van der Waals surface area contributed by atoms with Crippen molar-refractivity contribution in [2.45, 2.75) is 38.3 Å². The Morgan fingerprint density at radius 1 is 1.42 bits per heavy atom. The zero-order valence-corrected chi connectivity index (χ0v) is 14.6. The number of rotatable bonds is 6. The van der Waals surface area contributed by atoms with E-state index in [-0.39, 0.29) is 42.7 Å². The highest BCUT2D eigenvalue weighted by Crippen LogP contribution is 2.53. The van der Waals surface area contributed by atoms with Gasteiger partial charge in [0.1, 0.15) is 18.4 Å². The molecule has 1 saturated heterocycles. The topological polar surface area (TPSA) is 113 Å². The second kappa shape index (κ2) is 7.11. The molecule has 1 aliphatic carbocycles. The van der Waals surface area contributed by atoms with Crippen LogP contribution < -0.4 is 0 Å². The fourth-order valence-corrected chi connectivity index (χ4v) is 4.56. The molecule has 2 aliphatic heterocycles. The van der Waals surface area contributed by atoms with Crippen LogP contribution in [-0.2, 0) is 19.1 Å². The first-order valence-electron chi connectivity index (χ1n) is 8.77. The van der Waals surface area contributed by atoms with Crippen molar-refractivity contribution in [2.24, 2.45) is 17.8 Å². The molecule has 3 rings (SSSR count). The van der Waals surface area contributed by atoms with Gasteiger partial charge in [0.2, 0.25) is 5.91 Å². The second-order valence-electron chi connectivity index (χ2n) is 6.92. The van der Waals surface area contributed by atoms with Crippen LogP contribution in [0.25, 0.3) is 0 Å². The van der Waals surface area contributed by atoms with Crippen molar-refractivity contribution in [1.82, 2.24) is 4.90 Å². The van der Waals surface area contributed by atoms with E-state index in [2.05, 4.69) is 6.58 Å². The summed E-state index contributed by atoms with van der Waals surface area (Å²) in [5.74, 6) is -2.49. The molecule has 1 saturated carbocycles. The molecule has 3 aliphatic rings. The maximum Gasteiger partial charge on any atom is 0.508 e. The SMILES string of the molecule is C=CCOC(=O)O[C@H](C)[C@H]1C(=O)N2C(C(=O)O)=C3[C@@H](CO)CCC[C@@H]3[C@H]12.